The Labute approximate surface area is 124 Å². The van der Waals surface area contributed by atoms with Gasteiger partial charge < -0.3 is 5.32 Å². The largest absolute Gasteiger partial charge is 0.383 e. The summed E-state index contributed by atoms with van der Waals surface area (Å²) in [7, 11) is 0. The highest BCUT2D eigenvalue weighted by atomic mass is 35.5. The minimum Gasteiger partial charge on any atom is -0.383 e. The van der Waals surface area contributed by atoms with Crippen LogP contribution in [-0.4, -0.2) is 16.1 Å². The summed E-state index contributed by atoms with van der Waals surface area (Å²) in [5.41, 5.74) is 1.76. The van der Waals surface area contributed by atoms with Crippen LogP contribution in [0.25, 0.3) is 10.2 Å². The van der Waals surface area contributed by atoms with E-state index in [0.29, 0.717) is 22.8 Å². The maximum absolute atomic E-state index is 12.2. The van der Waals surface area contributed by atoms with Crippen molar-refractivity contribution in [3.8, 4) is 0 Å². The van der Waals surface area contributed by atoms with Gasteiger partial charge in [-0.1, -0.05) is 11.6 Å². The van der Waals surface area contributed by atoms with Gasteiger partial charge in [0.15, 0.2) is 0 Å². The predicted molar refractivity (Wildman–Crippen MR) is 83.8 cm³/mol. The van der Waals surface area contributed by atoms with Crippen LogP contribution in [0.15, 0.2) is 46.8 Å². The van der Waals surface area contributed by atoms with E-state index in [1.165, 1.54) is 11.3 Å². The van der Waals surface area contributed by atoms with E-state index in [0.717, 1.165) is 11.2 Å². The minimum atomic E-state index is 0.0166. The van der Waals surface area contributed by atoms with E-state index in [9.17, 15) is 4.79 Å². The zero-order valence-corrected chi connectivity index (χ0v) is 12.1. The maximum atomic E-state index is 12.2. The first kappa shape index (κ1) is 13.1. The van der Waals surface area contributed by atoms with Gasteiger partial charge in [-0.3, -0.25) is 9.36 Å². The molecule has 0 saturated carbocycles. The van der Waals surface area contributed by atoms with Crippen molar-refractivity contribution in [3.05, 3.63) is 57.4 Å². The number of thiophene rings is 1. The summed E-state index contributed by atoms with van der Waals surface area (Å²) in [5, 5.41) is 5.84. The molecule has 3 rings (SSSR count). The van der Waals surface area contributed by atoms with Crippen LogP contribution in [0, 0.1) is 0 Å². The lowest BCUT2D eigenvalue weighted by Gasteiger charge is -2.08. The van der Waals surface area contributed by atoms with Gasteiger partial charge in [0.25, 0.3) is 5.56 Å². The number of aromatic nitrogens is 2. The van der Waals surface area contributed by atoms with Crippen molar-refractivity contribution < 1.29 is 0 Å². The number of hydrogen-bond donors (Lipinski definition) is 1. The second-order valence-electron chi connectivity index (χ2n) is 4.31. The third-order valence-corrected chi connectivity index (χ3v) is 4.11. The lowest BCUT2D eigenvalue weighted by molar-refractivity contribution is 0.690. The van der Waals surface area contributed by atoms with E-state index in [2.05, 4.69) is 10.3 Å². The van der Waals surface area contributed by atoms with Crippen molar-refractivity contribution in [3.63, 3.8) is 0 Å². The number of hydrogen-bond acceptors (Lipinski definition) is 4. The van der Waals surface area contributed by atoms with E-state index in [4.69, 9.17) is 11.6 Å². The second-order valence-corrected chi connectivity index (χ2v) is 5.66. The number of rotatable bonds is 4. The molecule has 3 aromatic rings. The number of nitrogens with zero attached hydrogens (tertiary/aromatic N) is 2. The fourth-order valence-corrected chi connectivity index (χ4v) is 2.85. The fraction of sp³-hybridized carbons (Fsp3) is 0.143. The first-order chi connectivity index (χ1) is 9.74. The number of anilines is 1. The Morgan fingerprint density at radius 2 is 2.05 bits per heavy atom. The lowest BCUT2D eigenvalue weighted by Crippen LogP contribution is -2.23. The molecule has 0 fully saturated rings. The molecule has 1 aromatic carbocycles. The molecule has 0 aliphatic rings. The van der Waals surface area contributed by atoms with E-state index < -0.39 is 0 Å². The molecule has 1 N–H and O–H groups in total. The Kier molecular flexibility index (Phi) is 3.71. The van der Waals surface area contributed by atoms with Crippen LogP contribution in [0.5, 0.6) is 0 Å². The van der Waals surface area contributed by atoms with Gasteiger partial charge in [0.2, 0.25) is 0 Å². The molecule has 0 spiro atoms. The van der Waals surface area contributed by atoms with Gasteiger partial charge in [-0.2, -0.15) is 0 Å². The molecule has 0 radical (unpaired) electrons. The average Bonchev–Trinajstić information content (AvgIpc) is 2.93. The van der Waals surface area contributed by atoms with Gasteiger partial charge in [-0.05, 0) is 35.7 Å². The quantitative estimate of drug-likeness (QED) is 0.805. The molecular formula is C14H12ClN3OS. The Bertz CT molecular complexity index is 779. The van der Waals surface area contributed by atoms with Crippen LogP contribution in [0.2, 0.25) is 5.02 Å². The van der Waals surface area contributed by atoms with Crippen LogP contribution in [0.4, 0.5) is 5.69 Å². The second kappa shape index (κ2) is 5.64. The summed E-state index contributed by atoms with van der Waals surface area (Å²) in [6, 6.07) is 9.33. The summed E-state index contributed by atoms with van der Waals surface area (Å²) < 4.78 is 2.33. The summed E-state index contributed by atoms with van der Waals surface area (Å²) in [6.07, 6.45) is 1.60. The van der Waals surface area contributed by atoms with Gasteiger partial charge in [0.05, 0.1) is 11.8 Å². The molecule has 2 aromatic heterocycles. The number of halogens is 1. The summed E-state index contributed by atoms with van der Waals surface area (Å²) in [5.74, 6) is 0. The van der Waals surface area contributed by atoms with E-state index in [-0.39, 0.29) is 5.56 Å². The highest BCUT2D eigenvalue weighted by Crippen LogP contribution is 2.14. The Morgan fingerprint density at radius 1 is 1.25 bits per heavy atom. The first-order valence-electron chi connectivity index (χ1n) is 6.16. The van der Waals surface area contributed by atoms with Crippen LogP contribution in [0.1, 0.15) is 0 Å². The first-order valence-corrected chi connectivity index (χ1v) is 7.42. The predicted octanol–water partition coefficient (Wildman–Crippen LogP) is 3.22. The number of fused-ring (bicyclic) bond motifs is 1. The smallest absolute Gasteiger partial charge is 0.271 e. The number of benzene rings is 1. The SMILES string of the molecule is O=c1c2sccc2ncn1CCNc1ccc(Cl)cc1. The molecule has 0 unspecified atom stereocenters. The molecular weight excluding hydrogens is 294 g/mol. The van der Waals surface area contributed by atoms with Crippen LogP contribution in [-0.2, 0) is 6.54 Å². The van der Waals surface area contributed by atoms with Crippen molar-refractivity contribution in [2.45, 2.75) is 6.54 Å². The van der Waals surface area contributed by atoms with Gasteiger partial charge in [0, 0.05) is 23.8 Å². The van der Waals surface area contributed by atoms with Crippen LogP contribution < -0.4 is 10.9 Å². The molecule has 0 atom stereocenters. The molecule has 2 heterocycles. The zero-order valence-electron chi connectivity index (χ0n) is 10.5. The molecule has 4 nitrogen and oxygen atoms in total. The molecule has 102 valence electrons. The molecule has 0 bridgehead atoms. The highest BCUT2D eigenvalue weighted by molar-refractivity contribution is 7.17. The Morgan fingerprint density at radius 3 is 2.85 bits per heavy atom. The van der Waals surface area contributed by atoms with Crippen molar-refractivity contribution >= 4 is 38.8 Å². The topological polar surface area (TPSA) is 46.9 Å². The third kappa shape index (κ3) is 2.69. The average molecular weight is 306 g/mol. The van der Waals surface area contributed by atoms with Crippen molar-refractivity contribution in [1.82, 2.24) is 9.55 Å². The Hall–Kier alpha value is -1.85. The van der Waals surface area contributed by atoms with E-state index in [1.54, 1.807) is 10.9 Å². The van der Waals surface area contributed by atoms with Gasteiger partial charge in [-0.25, -0.2) is 4.98 Å². The molecule has 20 heavy (non-hydrogen) atoms. The van der Waals surface area contributed by atoms with E-state index in [1.807, 2.05) is 35.7 Å². The summed E-state index contributed by atoms with van der Waals surface area (Å²) in [6.45, 7) is 1.22. The molecule has 6 heteroatoms. The minimum absolute atomic E-state index is 0.0166. The standard InChI is InChI=1S/C14H12ClN3OS/c15-10-1-3-11(4-2-10)16-6-7-18-9-17-12-5-8-20-13(12)14(18)19/h1-5,8-9,16H,6-7H2. The normalized spacial score (nSPS) is 10.8. The third-order valence-electron chi connectivity index (χ3n) is 2.96. The molecule has 0 aliphatic carbocycles. The van der Waals surface area contributed by atoms with Gasteiger partial charge in [0.1, 0.15) is 4.70 Å². The summed E-state index contributed by atoms with van der Waals surface area (Å²) in [4.78, 5) is 16.4. The molecule has 0 amide bonds. The maximum Gasteiger partial charge on any atom is 0.271 e. The van der Waals surface area contributed by atoms with Crippen molar-refractivity contribution in [2.24, 2.45) is 0 Å². The zero-order chi connectivity index (χ0) is 13.9. The monoisotopic (exact) mass is 305 g/mol. The van der Waals surface area contributed by atoms with Crippen molar-refractivity contribution in [2.75, 3.05) is 11.9 Å². The van der Waals surface area contributed by atoms with E-state index >= 15 is 0 Å². The van der Waals surface area contributed by atoms with Crippen LogP contribution >= 0.6 is 22.9 Å². The fourth-order valence-electron chi connectivity index (χ4n) is 1.93. The molecule has 0 saturated heterocycles. The summed E-state index contributed by atoms with van der Waals surface area (Å²) >= 11 is 7.26. The number of nitrogens with one attached hydrogen (secondary N) is 1. The van der Waals surface area contributed by atoms with Crippen LogP contribution in [0.3, 0.4) is 0 Å². The van der Waals surface area contributed by atoms with Crippen molar-refractivity contribution in [1.29, 1.82) is 0 Å². The molecule has 0 aliphatic heterocycles. The highest BCUT2D eigenvalue weighted by Gasteiger charge is 2.04. The van der Waals surface area contributed by atoms with Gasteiger partial charge >= 0.3 is 0 Å². The lowest BCUT2D eigenvalue weighted by atomic mass is 10.3. The Balaban J connectivity index is 1.69. The van der Waals surface area contributed by atoms with Gasteiger partial charge in [-0.15, -0.1) is 11.3 Å².